The molecule has 186 valence electrons. The van der Waals surface area contributed by atoms with Crippen LogP contribution in [0.5, 0.6) is 0 Å². The largest absolute Gasteiger partial charge is 0.315 e. The molecular weight excluding hydrogens is 388 g/mol. The summed E-state index contributed by atoms with van der Waals surface area (Å²) in [4.78, 5) is 0. The lowest BCUT2D eigenvalue weighted by atomic mass is 10.0. The Morgan fingerprint density at radius 2 is 1.09 bits per heavy atom. The molecule has 0 fully saturated rings. The van der Waals surface area contributed by atoms with E-state index in [0.717, 1.165) is 13.1 Å². The quantitative estimate of drug-likeness (QED) is 0.156. The molecule has 0 aliphatic carbocycles. The molecule has 1 aromatic rings. The van der Waals surface area contributed by atoms with Gasteiger partial charge in [0.25, 0.3) is 0 Å². The van der Waals surface area contributed by atoms with Crippen LogP contribution in [0.4, 0.5) is 0 Å². The summed E-state index contributed by atoms with van der Waals surface area (Å²) in [5.74, 6) is 0. The molecule has 0 saturated heterocycles. The summed E-state index contributed by atoms with van der Waals surface area (Å²) in [6.45, 7) is 7.95. The number of aryl methyl sites for hydroxylation is 1. The van der Waals surface area contributed by atoms with Crippen LogP contribution < -0.4 is 10.6 Å². The monoisotopic (exact) mass is 444 g/mol. The molecule has 1 rings (SSSR count). The second kappa shape index (κ2) is 23.3. The van der Waals surface area contributed by atoms with Gasteiger partial charge >= 0.3 is 0 Å². The van der Waals surface area contributed by atoms with Crippen LogP contribution in [-0.2, 0) is 6.42 Å². The minimum Gasteiger partial charge on any atom is -0.315 e. The van der Waals surface area contributed by atoms with E-state index >= 15 is 0 Å². The van der Waals surface area contributed by atoms with Gasteiger partial charge < -0.3 is 10.6 Å². The number of rotatable bonds is 24. The Morgan fingerprint density at radius 1 is 0.594 bits per heavy atom. The summed E-state index contributed by atoms with van der Waals surface area (Å²) >= 11 is 0. The zero-order valence-corrected chi connectivity index (χ0v) is 21.8. The van der Waals surface area contributed by atoms with Crippen molar-refractivity contribution in [3.05, 3.63) is 35.9 Å². The van der Waals surface area contributed by atoms with Crippen LogP contribution in [0.2, 0.25) is 0 Å². The van der Waals surface area contributed by atoms with Crippen molar-refractivity contribution >= 4 is 0 Å². The van der Waals surface area contributed by atoms with E-state index in [9.17, 15) is 0 Å². The van der Waals surface area contributed by atoms with E-state index in [-0.39, 0.29) is 0 Å². The van der Waals surface area contributed by atoms with Gasteiger partial charge in [0.1, 0.15) is 0 Å². The first-order valence-corrected chi connectivity index (χ1v) is 14.3. The van der Waals surface area contributed by atoms with Crippen molar-refractivity contribution in [2.75, 3.05) is 19.6 Å². The minimum absolute atomic E-state index is 0.590. The third-order valence-electron chi connectivity index (χ3n) is 6.71. The number of hydrogen-bond donors (Lipinski definition) is 2. The van der Waals surface area contributed by atoms with Crippen molar-refractivity contribution in [2.24, 2.45) is 0 Å². The topological polar surface area (TPSA) is 24.1 Å². The molecule has 1 atom stereocenters. The Morgan fingerprint density at radius 3 is 1.62 bits per heavy atom. The number of benzene rings is 1. The lowest BCUT2D eigenvalue weighted by Crippen LogP contribution is -2.33. The Bertz CT molecular complexity index is 473. The van der Waals surface area contributed by atoms with E-state index < -0.39 is 0 Å². The molecule has 0 heterocycles. The molecular formula is C30H56N2. The Balaban J connectivity index is 1.70. The van der Waals surface area contributed by atoms with E-state index in [1.165, 1.54) is 128 Å². The molecule has 2 N–H and O–H groups in total. The van der Waals surface area contributed by atoms with Gasteiger partial charge in [-0.05, 0) is 38.3 Å². The van der Waals surface area contributed by atoms with Crippen LogP contribution in [0.25, 0.3) is 0 Å². The van der Waals surface area contributed by atoms with Crippen LogP contribution in [0, 0.1) is 0 Å². The fourth-order valence-electron chi connectivity index (χ4n) is 4.46. The smallest absolute Gasteiger partial charge is 0.00792 e. The van der Waals surface area contributed by atoms with Gasteiger partial charge in [-0.25, -0.2) is 0 Å². The van der Waals surface area contributed by atoms with Gasteiger partial charge in [0.15, 0.2) is 0 Å². The van der Waals surface area contributed by atoms with Crippen molar-refractivity contribution in [3.8, 4) is 0 Å². The molecule has 2 nitrogen and oxygen atoms in total. The highest BCUT2D eigenvalue weighted by molar-refractivity contribution is 5.14. The van der Waals surface area contributed by atoms with Gasteiger partial charge in [-0.3, -0.25) is 0 Å². The van der Waals surface area contributed by atoms with E-state index in [4.69, 9.17) is 0 Å². The molecule has 0 spiro atoms. The van der Waals surface area contributed by atoms with Crippen LogP contribution >= 0.6 is 0 Å². The third-order valence-corrected chi connectivity index (χ3v) is 6.71. The van der Waals surface area contributed by atoms with E-state index in [1.54, 1.807) is 0 Å². The first-order valence-electron chi connectivity index (χ1n) is 14.3. The fraction of sp³-hybridized carbons (Fsp3) is 0.800. The molecule has 0 aliphatic heterocycles. The lowest BCUT2D eigenvalue weighted by Gasteiger charge is -2.14. The molecule has 1 unspecified atom stereocenters. The second-order valence-corrected chi connectivity index (χ2v) is 9.93. The Kier molecular flexibility index (Phi) is 21.2. The molecule has 0 amide bonds. The van der Waals surface area contributed by atoms with E-state index in [2.05, 4.69) is 54.8 Å². The van der Waals surface area contributed by atoms with Crippen molar-refractivity contribution in [3.63, 3.8) is 0 Å². The van der Waals surface area contributed by atoms with Gasteiger partial charge in [0.05, 0.1) is 0 Å². The standard InChI is InChI=1S/C30H56N2/c1-3-4-5-6-7-8-9-10-11-12-13-14-15-16-17-21-26-31-27-28-32-29(2)24-25-30-22-19-18-20-23-30/h18-20,22-23,29,31-32H,3-17,21,24-28H2,1-2H3. The predicted octanol–water partition coefficient (Wildman–Crippen LogP) is 8.45. The number of hydrogen-bond acceptors (Lipinski definition) is 2. The van der Waals surface area contributed by atoms with Crippen molar-refractivity contribution < 1.29 is 0 Å². The third kappa shape index (κ3) is 19.8. The zero-order valence-electron chi connectivity index (χ0n) is 21.8. The average molecular weight is 445 g/mol. The maximum atomic E-state index is 3.65. The van der Waals surface area contributed by atoms with Crippen LogP contribution in [0.3, 0.4) is 0 Å². The zero-order chi connectivity index (χ0) is 23.0. The molecule has 1 aromatic carbocycles. The summed E-state index contributed by atoms with van der Waals surface area (Å²) in [6, 6.07) is 11.4. The molecule has 0 saturated carbocycles. The van der Waals surface area contributed by atoms with Gasteiger partial charge in [-0.15, -0.1) is 0 Å². The van der Waals surface area contributed by atoms with Crippen LogP contribution in [0.1, 0.15) is 129 Å². The highest BCUT2D eigenvalue weighted by Gasteiger charge is 2.01. The minimum atomic E-state index is 0.590. The predicted molar refractivity (Wildman–Crippen MR) is 145 cm³/mol. The van der Waals surface area contributed by atoms with Gasteiger partial charge in [-0.1, -0.05) is 134 Å². The summed E-state index contributed by atoms with van der Waals surface area (Å²) in [6.07, 6.45) is 25.4. The maximum Gasteiger partial charge on any atom is 0.00792 e. The van der Waals surface area contributed by atoms with Crippen LogP contribution in [-0.4, -0.2) is 25.7 Å². The van der Waals surface area contributed by atoms with Crippen molar-refractivity contribution in [1.29, 1.82) is 0 Å². The molecule has 0 radical (unpaired) electrons. The van der Waals surface area contributed by atoms with E-state index in [0.29, 0.717) is 6.04 Å². The number of nitrogens with one attached hydrogen (secondary N) is 2. The Hall–Kier alpha value is -0.860. The molecule has 32 heavy (non-hydrogen) atoms. The summed E-state index contributed by atoms with van der Waals surface area (Å²) in [5, 5.41) is 7.25. The molecule has 0 aromatic heterocycles. The molecule has 2 heteroatoms. The highest BCUT2D eigenvalue weighted by atomic mass is 15.0. The fourth-order valence-corrected chi connectivity index (χ4v) is 4.46. The summed E-state index contributed by atoms with van der Waals surface area (Å²) in [7, 11) is 0. The first-order chi connectivity index (χ1) is 15.8. The van der Waals surface area contributed by atoms with Crippen molar-refractivity contribution in [1.82, 2.24) is 10.6 Å². The Labute approximate surface area is 201 Å². The highest BCUT2D eigenvalue weighted by Crippen LogP contribution is 2.13. The molecule has 0 aliphatic rings. The SMILES string of the molecule is CCCCCCCCCCCCCCCCCCNCCNC(C)CCc1ccccc1. The average Bonchev–Trinajstić information content (AvgIpc) is 2.82. The van der Waals surface area contributed by atoms with Crippen LogP contribution in [0.15, 0.2) is 30.3 Å². The van der Waals surface area contributed by atoms with E-state index in [1.807, 2.05) is 0 Å². The van der Waals surface area contributed by atoms with Gasteiger partial charge in [-0.2, -0.15) is 0 Å². The normalized spacial score (nSPS) is 12.3. The summed E-state index contributed by atoms with van der Waals surface area (Å²) < 4.78 is 0. The summed E-state index contributed by atoms with van der Waals surface area (Å²) in [5.41, 5.74) is 1.45. The second-order valence-electron chi connectivity index (χ2n) is 9.93. The van der Waals surface area contributed by atoms with Gasteiger partial charge in [0.2, 0.25) is 0 Å². The lowest BCUT2D eigenvalue weighted by molar-refractivity contribution is 0.493. The molecule has 0 bridgehead atoms. The maximum absolute atomic E-state index is 3.65. The van der Waals surface area contributed by atoms with Gasteiger partial charge in [0, 0.05) is 19.1 Å². The number of unbranched alkanes of at least 4 members (excludes halogenated alkanes) is 15. The van der Waals surface area contributed by atoms with Crippen molar-refractivity contribution in [2.45, 2.75) is 135 Å². The first kappa shape index (κ1) is 29.2.